The van der Waals surface area contributed by atoms with Crippen LogP contribution in [-0.2, 0) is 4.79 Å². The molecule has 0 spiro atoms. The van der Waals surface area contributed by atoms with Crippen LogP contribution in [0.3, 0.4) is 0 Å². The number of nitrogens with one attached hydrogen (secondary N) is 2. The zero-order valence-electron chi connectivity index (χ0n) is 18.1. The average molecular weight is 454 g/mol. The van der Waals surface area contributed by atoms with E-state index in [1.807, 2.05) is 79.7 Å². The Labute approximate surface area is 197 Å². The van der Waals surface area contributed by atoms with Gasteiger partial charge < -0.3 is 10.6 Å². The number of carbonyl (C=O) groups is 2. The number of nitrogens with zero attached hydrogens (tertiary/aromatic N) is 1. The molecular formula is C27H23N3O2S. The number of rotatable bonds is 7. The van der Waals surface area contributed by atoms with Crippen molar-refractivity contribution >= 4 is 35.1 Å². The summed E-state index contributed by atoms with van der Waals surface area (Å²) in [5.74, 6) is 0.159. The highest BCUT2D eigenvalue weighted by Crippen LogP contribution is 2.37. The Morgan fingerprint density at radius 3 is 2.30 bits per heavy atom. The molecule has 1 heterocycles. The predicted molar refractivity (Wildman–Crippen MR) is 133 cm³/mol. The van der Waals surface area contributed by atoms with Gasteiger partial charge >= 0.3 is 0 Å². The zero-order chi connectivity index (χ0) is 23.0. The van der Waals surface area contributed by atoms with E-state index in [1.54, 1.807) is 30.5 Å². The number of benzene rings is 3. The number of anilines is 2. The summed E-state index contributed by atoms with van der Waals surface area (Å²) in [6.07, 6.45) is 1.64. The molecule has 33 heavy (non-hydrogen) atoms. The first-order valence-corrected chi connectivity index (χ1v) is 11.4. The Kier molecular flexibility index (Phi) is 7.17. The second-order valence-electron chi connectivity index (χ2n) is 7.46. The van der Waals surface area contributed by atoms with Gasteiger partial charge in [0.25, 0.3) is 5.91 Å². The molecule has 3 aromatic carbocycles. The maximum absolute atomic E-state index is 13.2. The van der Waals surface area contributed by atoms with Crippen molar-refractivity contribution in [1.29, 1.82) is 0 Å². The van der Waals surface area contributed by atoms with Crippen molar-refractivity contribution < 1.29 is 9.59 Å². The summed E-state index contributed by atoms with van der Waals surface area (Å²) in [4.78, 5) is 30.8. The number of pyridine rings is 1. The minimum Gasteiger partial charge on any atom is -0.322 e. The molecule has 2 amide bonds. The van der Waals surface area contributed by atoms with Gasteiger partial charge in [-0.05, 0) is 55.0 Å². The normalized spacial score (nSPS) is 11.4. The number of hydrogen-bond acceptors (Lipinski definition) is 4. The van der Waals surface area contributed by atoms with E-state index in [1.165, 1.54) is 11.8 Å². The molecule has 2 N–H and O–H groups in total. The smallest absolute Gasteiger partial charge is 0.255 e. The van der Waals surface area contributed by atoms with Gasteiger partial charge in [-0.15, -0.1) is 11.8 Å². The van der Waals surface area contributed by atoms with Gasteiger partial charge in [0.15, 0.2) is 0 Å². The first kappa shape index (κ1) is 22.3. The Morgan fingerprint density at radius 2 is 1.58 bits per heavy atom. The molecule has 4 aromatic rings. The highest BCUT2D eigenvalue weighted by Gasteiger charge is 2.22. The number of thioether (sulfide) groups is 1. The Balaban J connectivity index is 1.53. The summed E-state index contributed by atoms with van der Waals surface area (Å²) < 4.78 is 0. The molecule has 5 nitrogen and oxygen atoms in total. The van der Waals surface area contributed by atoms with Gasteiger partial charge in [0.2, 0.25) is 5.91 Å². The largest absolute Gasteiger partial charge is 0.322 e. The quantitative estimate of drug-likeness (QED) is 0.331. The molecule has 4 rings (SSSR count). The third-order valence-corrected chi connectivity index (χ3v) is 6.16. The van der Waals surface area contributed by atoms with Crippen LogP contribution < -0.4 is 10.6 Å². The number of carbonyl (C=O) groups excluding carboxylic acids is 2. The zero-order valence-corrected chi connectivity index (χ0v) is 18.9. The first-order chi connectivity index (χ1) is 16.1. The van der Waals surface area contributed by atoms with Crippen LogP contribution >= 0.6 is 11.8 Å². The fourth-order valence-electron chi connectivity index (χ4n) is 3.22. The van der Waals surface area contributed by atoms with E-state index in [4.69, 9.17) is 0 Å². The van der Waals surface area contributed by atoms with E-state index in [-0.39, 0.29) is 11.8 Å². The number of amides is 2. The maximum Gasteiger partial charge on any atom is 0.255 e. The molecule has 0 saturated carbocycles. The van der Waals surface area contributed by atoms with Gasteiger partial charge in [-0.3, -0.25) is 9.59 Å². The second-order valence-corrected chi connectivity index (χ2v) is 8.64. The van der Waals surface area contributed by atoms with Gasteiger partial charge in [-0.2, -0.15) is 0 Å². The van der Waals surface area contributed by atoms with Crippen molar-refractivity contribution in [1.82, 2.24) is 4.98 Å². The summed E-state index contributed by atoms with van der Waals surface area (Å²) in [5, 5.41) is 5.34. The van der Waals surface area contributed by atoms with Crippen molar-refractivity contribution in [3.05, 3.63) is 120 Å². The molecule has 6 heteroatoms. The molecule has 0 saturated heterocycles. The summed E-state index contributed by atoms with van der Waals surface area (Å²) in [6, 6.07) is 29.9. The van der Waals surface area contributed by atoms with Gasteiger partial charge in [0, 0.05) is 22.3 Å². The molecule has 0 fully saturated rings. The van der Waals surface area contributed by atoms with E-state index < -0.39 is 5.25 Å². The van der Waals surface area contributed by atoms with Crippen molar-refractivity contribution in [3.8, 4) is 0 Å². The highest BCUT2D eigenvalue weighted by atomic mass is 32.2. The van der Waals surface area contributed by atoms with Crippen molar-refractivity contribution in [3.63, 3.8) is 0 Å². The van der Waals surface area contributed by atoms with Crippen molar-refractivity contribution in [2.24, 2.45) is 0 Å². The summed E-state index contributed by atoms with van der Waals surface area (Å²) in [6.45, 7) is 1.98. The lowest BCUT2D eigenvalue weighted by molar-refractivity contribution is -0.115. The van der Waals surface area contributed by atoms with Crippen molar-refractivity contribution in [2.45, 2.75) is 17.1 Å². The lowest BCUT2D eigenvalue weighted by atomic mass is 10.1. The van der Waals surface area contributed by atoms with Crippen molar-refractivity contribution in [2.75, 3.05) is 10.6 Å². The molecule has 1 unspecified atom stereocenters. The SMILES string of the molecule is Cc1ccc(C(=O)Nc2cccc(SC(C(=O)Nc3ccccn3)c3ccccc3)c2)cc1. The minimum atomic E-state index is -0.490. The molecule has 0 aliphatic carbocycles. The molecule has 0 radical (unpaired) electrons. The van der Waals surface area contributed by atoms with Crippen LogP contribution in [0.5, 0.6) is 0 Å². The number of aromatic nitrogens is 1. The van der Waals surface area contributed by atoms with Crippen LogP contribution in [0.2, 0.25) is 0 Å². The number of aryl methyl sites for hydroxylation is 1. The van der Waals surface area contributed by atoms with E-state index >= 15 is 0 Å². The molecule has 164 valence electrons. The second kappa shape index (κ2) is 10.6. The Bertz CT molecular complexity index is 1230. The average Bonchev–Trinajstić information content (AvgIpc) is 2.84. The van der Waals surface area contributed by atoms with Gasteiger partial charge in [0.05, 0.1) is 0 Å². The predicted octanol–water partition coefficient (Wildman–Crippen LogP) is 6.11. The van der Waals surface area contributed by atoms with E-state index in [0.29, 0.717) is 17.1 Å². The molecule has 0 aliphatic heterocycles. The van der Waals surface area contributed by atoms with Crippen LogP contribution in [-0.4, -0.2) is 16.8 Å². The third kappa shape index (κ3) is 6.08. The Morgan fingerprint density at radius 1 is 0.818 bits per heavy atom. The standard InChI is InChI=1S/C27H23N3O2S/c1-19-13-15-21(16-14-19)26(31)29-22-10-7-11-23(18-22)33-25(20-8-3-2-4-9-20)27(32)30-24-12-5-6-17-28-24/h2-18,25H,1H3,(H,29,31)(H,28,30,32). The number of hydrogen-bond donors (Lipinski definition) is 2. The lowest BCUT2D eigenvalue weighted by Crippen LogP contribution is -2.19. The van der Waals surface area contributed by atoms with Crippen LogP contribution in [0.4, 0.5) is 11.5 Å². The van der Waals surface area contributed by atoms with Gasteiger partial charge in [-0.25, -0.2) is 4.98 Å². The minimum absolute atomic E-state index is 0.168. The summed E-state index contributed by atoms with van der Waals surface area (Å²) >= 11 is 1.42. The lowest BCUT2D eigenvalue weighted by Gasteiger charge is -2.17. The highest BCUT2D eigenvalue weighted by molar-refractivity contribution is 8.00. The third-order valence-electron chi connectivity index (χ3n) is 4.92. The van der Waals surface area contributed by atoms with Crippen LogP contribution in [0.25, 0.3) is 0 Å². The van der Waals surface area contributed by atoms with E-state index in [0.717, 1.165) is 16.0 Å². The summed E-state index contributed by atoms with van der Waals surface area (Å²) in [5.41, 5.74) is 3.24. The molecular weight excluding hydrogens is 430 g/mol. The summed E-state index contributed by atoms with van der Waals surface area (Å²) in [7, 11) is 0. The molecule has 1 atom stereocenters. The van der Waals surface area contributed by atoms with E-state index in [2.05, 4.69) is 15.6 Å². The monoisotopic (exact) mass is 453 g/mol. The Hall–Kier alpha value is -3.90. The van der Waals surface area contributed by atoms with Crippen LogP contribution in [0.15, 0.2) is 108 Å². The van der Waals surface area contributed by atoms with Crippen LogP contribution in [0, 0.1) is 6.92 Å². The maximum atomic E-state index is 13.2. The molecule has 1 aromatic heterocycles. The fourth-order valence-corrected chi connectivity index (χ4v) is 4.30. The van der Waals surface area contributed by atoms with Gasteiger partial charge in [-0.1, -0.05) is 60.2 Å². The van der Waals surface area contributed by atoms with E-state index in [9.17, 15) is 9.59 Å². The fraction of sp³-hybridized carbons (Fsp3) is 0.0741. The van der Waals surface area contributed by atoms with Gasteiger partial charge in [0.1, 0.15) is 11.1 Å². The molecule has 0 aliphatic rings. The topological polar surface area (TPSA) is 71.1 Å². The molecule has 0 bridgehead atoms. The first-order valence-electron chi connectivity index (χ1n) is 10.5. The van der Waals surface area contributed by atoms with Crippen LogP contribution in [0.1, 0.15) is 26.7 Å².